The highest BCUT2D eigenvalue weighted by Crippen LogP contribution is 2.31. The molecule has 0 unspecified atom stereocenters. The van der Waals surface area contributed by atoms with Gasteiger partial charge in [0, 0.05) is 17.3 Å². The van der Waals surface area contributed by atoms with Crippen molar-refractivity contribution in [3.8, 4) is 0 Å². The average Bonchev–Trinajstić information content (AvgIpc) is 2.86. The van der Waals surface area contributed by atoms with Gasteiger partial charge in [0.05, 0.1) is 17.8 Å². The summed E-state index contributed by atoms with van der Waals surface area (Å²) in [5, 5.41) is 3.49. The second-order valence-corrected chi connectivity index (χ2v) is 5.34. The highest BCUT2D eigenvalue weighted by atomic mass is 19.1. The van der Waals surface area contributed by atoms with Gasteiger partial charge in [-0.05, 0) is 23.8 Å². The number of hydrogen-bond acceptors (Lipinski definition) is 0. The Morgan fingerprint density at radius 3 is 2.75 bits per heavy atom. The number of aromatic amines is 1. The summed E-state index contributed by atoms with van der Waals surface area (Å²) in [6.45, 7) is 0.994. The average molecular weight is 267 g/mol. The predicted molar refractivity (Wildman–Crippen MR) is 77.0 cm³/mol. The summed E-state index contributed by atoms with van der Waals surface area (Å²) < 4.78 is 14.1. The summed E-state index contributed by atoms with van der Waals surface area (Å²) in [4.78, 5) is 3.49. The van der Waals surface area contributed by atoms with Gasteiger partial charge >= 0.3 is 0 Å². The number of nitrogens with one attached hydrogen (secondary N) is 1. The molecule has 3 aromatic rings. The minimum atomic E-state index is -0.125. The lowest BCUT2D eigenvalue weighted by atomic mass is 9.94. The van der Waals surface area contributed by atoms with Crippen LogP contribution in [0.4, 0.5) is 4.39 Å². The quantitative estimate of drug-likeness (QED) is 0.679. The Kier molecular flexibility index (Phi) is 2.60. The number of aromatic nitrogens is 1. The number of rotatable bonds is 1. The number of para-hydroxylation sites is 1. The monoisotopic (exact) mass is 267 g/mol. The molecule has 0 radical (unpaired) electrons. The summed E-state index contributed by atoms with van der Waals surface area (Å²) in [5.74, 6) is -0.125. The molecule has 0 amide bonds. The third kappa shape index (κ3) is 1.67. The van der Waals surface area contributed by atoms with Crippen molar-refractivity contribution in [2.75, 3.05) is 6.54 Å². The van der Waals surface area contributed by atoms with Crippen LogP contribution in [0.15, 0.2) is 48.5 Å². The van der Waals surface area contributed by atoms with Gasteiger partial charge in [0.15, 0.2) is 6.04 Å². The summed E-state index contributed by atoms with van der Waals surface area (Å²) >= 11 is 0. The lowest BCUT2D eigenvalue weighted by molar-refractivity contribution is -0.690. The van der Waals surface area contributed by atoms with Crippen molar-refractivity contribution in [2.24, 2.45) is 0 Å². The summed E-state index contributed by atoms with van der Waals surface area (Å²) in [5.41, 5.74) is 4.41. The minimum absolute atomic E-state index is 0.0346. The van der Waals surface area contributed by atoms with Crippen molar-refractivity contribution in [2.45, 2.75) is 12.5 Å². The number of nitrogens with two attached hydrogens (primary N) is 1. The Bertz CT molecular complexity index is 776. The van der Waals surface area contributed by atoms with Crippen LogP contribution in [-0.2, 0) is 6.42 Å². The zero-order chi connectivity index (χ0) is 13.5. The Morgan fingerprint density at radius 2 is 1.85 bits per heavy atom. The molecule has 0 fully saturated rings. The van der Waals surface area contributed by atoms with Crippen molar-refractivity contribution < 1.29 is 9.71 Å². The highest BCUT2D eigenvalue weighted by Gasteiger charge is 2.29. The van der Waals surface area contributed by atoms with Crippen molar-refractivity contribution >= 4 is 10.9 Å². The fourth-order valence-electron chi connectivity index (χ4n) is 3.28. The number of hydrogen-bond donors (Lipinski definition) is 2. The number of quaternary nitrogens is 1. The van der Waals surface area contributed by atoms with Crippen molar-refractivity contribution in [1.82, 2.24) is 4.98 Å². The van der Waals surface area contributed by atoms with Crippen LogP contribution >= 0.6 is 0 Å². The number of H-pyrrole nitrogens is 1. The van der Waals surface area contributed by atoms with E-state index in [-0.39, 0.29) is 11.9 Å². The maximum atomic E-state index is 14.1. The summed E-state index contributed by atoms with van der Waals surface area (Å²) in [6, 6.07) is 15.4. The molecule has 0 bridgehead atoms. The number of fused-ring (bicyclic) bond motifs is 3. The first-order valence-corrected chi connectivity index (χ1v) is 7.02. The Morgan fingerprint density at radius 1 is 1.05 bits per heavy atom. The molecule has 100 valence electrons. The Labute approximate surface area is 116 Å². The topological polar surface area (TPSA) is 32.4 Å². The first kappa shape index (κ1) is 11.7. The van der Waals surface area contributed by atoms with Gasteiger partial charge in [0.2, 0.25) is 0 Å². The highest BCUT2D eigenvalue weighted by molar-refractivity contribution is 5.85. The number of halogens is 1. The van der Waals surface area contributed by atoms with Crippen LogP contribution in [0.3, 0.4) is 0 Å². The standard InChI is InChI=1S/C17H15FN2/c18-14-7-3-1-6-13(14)16-17-12(9-10-19-16)11-5-2-4-8-15(11)20-17/h1-8,16,19-20H,9-10H2/p+1/t16-/m1/s1. The van der Waals surface area contributed by atoms with E-state index in [0.29, 0.717) is 0 Å². The van der Waals surface area contributed by atoms with E-state index in [9.17, 15) is 4.39 Å². The number of benzene rings is 2. The van der Waals surface area contributed by atoms with Gasteiger partial charge < -0.3 is 10.3 Å². The zero-order valence-corrected chi connectivity index (χ0v) is 11.1. The van der Waals surface area contributed by atoms with E-state index >= 15 is 0 Å². The molecule has 0 saturated carbocycles. The third-order valence-electron chi connectivity index (χ3n) is 4.19. The molecule has 0 aliphatic carbocycles. The second-order valence-electron chi connectivity index (χ2n) is 5.34. The normalized spacial score (nSPS) is 18.1. The summed E-state index contributed by atoms with van der Waals surface area (Å²) in [6.07, 6.45) is 1.03. The molecule has 2 nitrogen and oxygen atoms in total. The van der Waals surface area contributed by atoms with E-state index in [1.165, 1.54) is 10.9 Å². The van der Waals surface area contributed by atoms with Gasteiger partial charge in [0.25, 0.3) is 0 Å². The molecule has 0 spiro atoms. The Balaban J connectivity index is 1.92. The van der Waals surface area contributed by atoms with Crippen LogP contribution in [0.5, 0.6) is 0 Å². The van der Waals surface area contributed by atoms with E-state index < -0.39 is 0 Å². The van der Waals surface area contributed by atoms with Crippen LogP contribution in [0, 0.1) is 5.82 Å². The van der Waals surface area contributed by atoms with Crippen molar-refractivity contribution in [3.05, 3.63) is 71.2 Å². The maximum Gasteiger partial charge on any atom is 0.155 e. The molecule has 1 atom stereocenters. The predicted octanol–water partition coefficient (Wildman–Crippen LogP) is 2.52. The molecule has 1 aromatic heterocycles. The second kappa shape index (κ2) is 4.46. The van der Waals surface area contributed by atoms with Gasteiger partial charge in [-0.15, -0.1) is 0 Å². The van der Waals surface area contributed by atoms with E-state index in [2.05, 4.69) is 28.5 Å². The molecular weight excluding hydrogens is 251 g/mol. The van der Waals surface area contributed by atoms with Gasteiger partial charge in [-0.2, -0.15) is 0 Å². The smallest absolute Gasteiger partial charge is 0.155 e. The molecule has 2 aromatic carbocycles. The largest absolute Gasteiger partial charge is 0.353 e. The summed E-state index contributed by atoms with van der Waals surface area (Å²) in [7, 11) is 0. The van der Waals surface area contributed by atoms with E-state index in [1.807, 2.05) is 18.2 Å². The van der Waals surface area contributed by atoms with Crippen LogP contribution < -0.4 is 5.32 Å². The van der Waals surface area contributed by atoms with Gasteiger partial charge in [-0.3, -0.25) is 0 Å². The van der Waals surface area contributed by atoms with Crippen LogP contribution in [-0.4, -0.2) is 11.5 Å². The fourth-order valence-corrected chi connectivity index (χ4v) is 3.28. The molecule has 1 aliphatic heterocycles. The van der Waals surface area contributed by atoms with Gasteiger partial charge in [-0.25, -0.2) is 4.39 Å². The molecule has 2 heterocycles. The maximum absolute atomic E-state index is 14.1. The first-order valence-electron chi connectivity index (χ1n) is 7.02. The minimum Gasteiger partial charge on any atom is -0.353 e. The molecule has 1 aliphatic rings. The van der Waals surface area contributed by atoms with Crippen LogP contribution in [0.25, 0.3) is 10.9 Å². The first-order chi connectivity index (χ1) is 9.84. The van der Waals surface area contributed by atoms with Crippen LogP contribution in [0.2, 0.25) is 0 Å². The molecule has 3 heteroatoms. The van der Waals surface area contributed by atoms with Crippen molar-refractivity contribution in [1.29, 1.82) is 0 Å². The Hall–Kier alpha value is -2.13. The van der Waals surface area contributed by atoms with E-state index in [0.717, 1.165) is 29.7 Å². The fraction of sp³-hybridized carbons (Fsp3) is 0.176. The van der Waals surface area contributed by atoms with Crippen LogP contribution in [0.1, 0.15) is 22.9 Å². The SMILES string of the molecule is Fc1ccccc1[C@H]1[NH2+]CCc2c1[nH]c1ccccc21. The van der Waals surface area contributed by atoms with Gasteiger partial charge in [0.1, 0.15) is 5.82 Å². The van der Waals surface area contributed by atoms with E-state index in [4.69, 9.17) is 0 Å². The lowest BCUT2D eigenvalue weighted by Gasteiger charge is -2.21. The van der Waals surface area contributed by atoms with E-state index in [1.54, 1.807) is 12.1 Å². The van der Waals surface area contributed by atoms with Crippen molar-refractivity contribution in [3.63, 3.8) is 0 Å². The molecule has 4 rings (SSSR count). The third-order valence-corrected chi connectivity index (χ3v) is 4.19. The molecule has 0 saturated heterocycles. The zero-order valence-electron chi connectivity index (χ0n) is 11.1. The molecular formula is C17H16FN2+. The molecule has 20 heavy (non-hydrogen) atoms. The van der Waals surface area contributed by atoms with Gasteiger partial charge in [-0.1, -0.05) is 30.3 Å². The molecule has 3 N–H and O–H groups in total. The lowest BCUT2D eigenvalue weighted by Crippen LogP contribution is -2.87.